The first-order valence-electron chi connectivity index (χ1n) is 9.41. The summed E-state index contributed by atoms with van der Waals surface area (Å²) in [4.78, 5) is 0. The van der Waals surface area contributed by atoms with E-state index >= 15 is 0 Å². The standard InChI is InChI=1S/C22H31N/c1-2-3-4-5-6-7-19-8-10-20(11-9-19)12-13-21-14-16-22(18-23)17-15-21/h2,14-17,19-20H,1,3-13H2. The van der Waals surface area contributed by atoms with E-state index in [1.165, 1.54) is 76.2 Å². The smallest absolute Gasteiger partial charge is 0.0991 e. The maximum atomic E-state index is 8.84. The highest BCUT2D eigenvalue weighted by atomic mass is 14.3. The van der Waals surface area contributed by atoms with Gasteiger partial charge >= 0.3 is 0 Å². The molecule has 1 nitrogen and oxygen atoms in total. The van der Waals surface area contributed by atoms with Crippen molar-refractivity contribution >= 4 is 0 Å². The molecule has 2 rings (SSSR count). The van der Waals surface area contributed by atoms with Crippen LogP contribution in [0.1, 0.15) is 75.3 Å². The summed E-state index contributed by atoms with van der Waals surface area (Å²) in [5.74, 6) is 1.91. The Bertz CT molecular complexity index is 486. The third-order valence-corrected chi connectivity index (χ3v) is 5.41. The summed E-state index contributed by atoms with van der Waals surface area (Å²) in [6, 6.07) is 10.3. The Morgan fingerprint density at radius 1 is 0.957 bits per heavy atom. The normalized spacial score (nSPS) is 20.8. The number of allylic oxidation sites excluding steroid dienone is 1. The van der Waals surface area contributed by atoms with E-state index in [0.29, 0.717) is 0 Å². The monoisotopic (exact) mass is 309 g/mol. The largest absolute Gasteiger partial charge is 0.192 e. The lowest BCUT2D eigenvalue weighted by molar-refractivity contribution is 0.249. The van der Waals surface area contributed by atoms with Crippen LogP contribution in [0.5, 0.6) is 0 Å². The third-order valence-electron chi connectivity index (χ3n) is 5.41. The maximum absolute atomic E-state index is 8.84. The minimum absolute atomic E-state index is 0.766. The minimum atomic E-state index is 0.766. The van der Waals surface area contributed by atoms with Gasteiger partial charge in [0.25, 0.3) is 0 Å². The fourth-order valence-electron chi connectivity index (χ4n) is 3.82. The Labute approximate surface area is 142 Å². The van der Waals surface area contributed by atoms with Gasteiger partial charge in [0.1, 0.15) is 0 Å². The van der Waals surface area contributed by atoms with E-state index in [9.17, 15) is 0 Å². The van der Waals surface area contributed by atoms with Crippen molar-refractivity contribution in [2.24, 2.45) is 11.8 Å². The van der Waals surface area contributed by atoms with E-state index in [1.807, 2.05) is 18.2 Å². The van der Waals surface area contributed by atoms with Crippen LogP contribution in [0, 0.1) is 23.2 Å². The topological polar surface area (TPSA) is 23.8 Å². The molecule has 0 amide bonds. The highest BCUT2D eigenvalue weighted by Gasteiger charge is 2.20. The van der Waals surface area contributed by atoms with Crippen LogP contribution in [0.15, 0.2) is 36.9 Å². The summed E-state index contributed by atoms with van der Waals surface area (Å²) in [6.07, 6.45) is 17.0. The fourth-order valence-corrected chi connectivity index (χ4v) is 3.82. The molecule has 0 bridgehead atoms. The lowest BCUT2D eigenvalue weighted by Crippen LogP contribution is -2.15. The van der Waals surface area contributed by atoms with Crippen molar-refractivity contribution in [2.45, 2.75) is 70.6 Å². The Morgan fingerprint density at radius 3 is 2.22 bits per heavy atom. The average molecular weight is 309 g/mol. The van der Waals surface area contributed by atoms with Crippen molar-refractivity contribution < 1.29 is 0 Å². The van der Waals surface area contributed by atoms with Crippen LogP contribution in [0.25, 0.3) is 0 Å². The fraction of sp³-hybridized carbons (Fsp3) is 0.591. The highest BCUT2D eigenvalue weighted by Crippen LogP contribution is 2.34. The van der Waals surface area contributed by atoms with Crippen LogP contribution in [0.2, 0.25) is 0 Å². The van der Waals surface area contributed by atoms with Crippen LogP contribution in [0.3, 0.4) is 0 Å². The predicted molar refractivity (Wildman–Crippen MR) is 98.2 cm³/mol. The molecule has 23 heavy (non-hydrogen) atoms. The molecule has 1 saturated carbocycles. The van der Waals surface area contributed by atoms with Gasteiger partial charge in [-0.25, -0.2) is 0 Å². The molecule has 1 aliphatic rings. The second-order valence-corrected chi connectivity index (χ2v) is 7.16. The molecule has 1 aromatic carbocycles. The molecule has 0 radical (unpaired) electrons. The molecule has 1 aliphatic carbocycles. The average Bonchev–Trinajstić information content (AvgIpc) is 2.61. The molecule has 0 atom stereocenters. The van der Waals surface area contributed by atoms with Crippen molar-refractivity contribution in [1.29, 1.82) is 5.26 Å². The van der Waals surface area contributed by atoms with E-state index in [4.69, 9.17) is 5.26 Å². The summed E-state index contributed by atoms with van der Waals surface area (Å²) in [5, 5.41) is 8.84. The third kappa shape index (κ3) is 6.61. The number of nitrogens with zero attached hydrogens (tertiary/aromatic N) is 1. The molecular weight excluding hydrogens is 278 g/mol. The Hall–Kier alpha value is -1.55. The Balaban J connectivity index is 1.59. The molecule has 1 heteroatoms. The molecule has 1 fully saturated rings. The summed E-state index contributed by atoms with van der Waals surface area (Å²) in [5.41, 5.74) is 2.15. The maximum Gasteiger partial charge on any atom is 0.0991 e. The number of hydrogen-bond acceptors (Lipinski definition) is 1. The zero-order valence-electron chi connectivity index (χ0n) is 14.5. The molecular formula is C22H31N. The summed E-state index contributed by atoms with van der Waals surface area (Å²) >= 11 is 0. The lowest BCUT2D eigenvalue weighted by Gasteiger charge is -2.28. The van der Waals surface area contributed by atoms with Gasteiger partial charge in [0.15, 0.2) is 0 Å². The van der Waals surface area contributed by atoms with Gasteiger partial charge < -0.3 is 0 Å². The lowest BCUT2D eigenvalue weighted by atomic mass is 9.77. The first-order valence-corrected chi connectivity index (χ1v) is 9.41. The van der Waals surface area contributed by atoms with Gasteiger partial charge in [-0.15, -0.1) is 6.58 Å². The van der Waals surface area contributed by atoms with Crippen molar-refractivity contribution in [3.63, 3.8) is 0 Å². The number of hydrogen-bond donors (Lipinski definition) is 0. The van der Waals surface area contributed by atoms with Crippen LogP contribution < -0.4 is 0 Å². The SMILES string of the molecule is C=CCCCCCC1CCC(CCc2ccc(C#N)cc2)CC1. The molecule has 0 unspecified atom stereocenters. The van der Waals surface area contributed by atoms with E-state index in [0.717, 1.165) is 17.4 Å². The van der Waals surface area contributed by atoms with Gasteiger partial charge in [0, 0.05) is 0 Å². The predicted octanol–water partition coefficient (Wildman–Crippen LogP) is 6.43. The van der Waals surface area contributed by atoms with E-state index in [1.54, 1.807) is 0 Å². The summed E-state index contributed by atoms with van der Waals surface area (Å²) < 4.78 is 0. The molecule has 0 N–H and O–H groups in total. The van der Waals surface area contributed by atoms with Gasteiger partial charge in [0.05, 0.1) is 11.6 Å². The quantitative estimate of drug-likeness (QED) is 0.380. The van der Waals surface area contributed by atoms with E-state index in [2.05, 4.69) is 24.8 Å². The van der Waals surface area contributed by atoms with Crippen LogP contribution in [-0.2, 0) is 6.42 Å². The Kier molecular flexibility index (Phi) is 7.95. The summed E-state index contributed by atoms with van der Waals surface area (Å²) in [6.45, 7) is 3.79. The second kappa shape index (κ2) is 10.3. The number of rotatable bonds is 9. The van der Waals surface area contributed by atoms with E-state index < -0.39 is 0 Å². The van der Waals surface area contributed by atoms with Crippen LogP contribution in [0.4, 0.5) is 0 Å². The number of benzene rings is 1. The van der Waals surface area contributed by atoms with Crippen LogP contribution in [-0.4, -0.2) is 0 Å². The molecule has 0 aromatic heterocycles. The van der Waals surface area contributed by atoms with Gasteiger partial charge in [-0.2, -0.15) is 5.26 Å². The first-order chi connectivity index (χ1) is 11.3. The minimum Gasteiger partial charge on any atom is -0.192 e. The van der Waals surface area contributed by atoms with Crippen molar-refractivity contribution in [2.75, 3.05) is 0 Å². The second-order valence-electron chi connectivity index (χ2n) is 7.16. The molecule has 0 spiro atoms. The first kappa shape index (κ1) is 17.8. The highest BCUT2D eigenvalue weighted by molar-refractivity contribution is 5.31. The molecule has 0 saturated heterocycles. The molecule has 0 heterocycles. The molecule has 0 aliphatic heterocycles. The van der Waals surface area contributed by atoms with Crippen molar-refractivity contribution in [3.05, 3.63) is 48.0 Å². The van der Waals surface area contributed by atoms with Gasteiger partial charge in [-0.1, -0.05) is 63.2 Å². The summed E-state index contributed by atoms with van der Waals surface area (Å²) in [7, 11) is 0. The molecule has 1 aromatic rings. The number of nitriles is 1. The number of unbranched alkanes of at least 4 members (excludes halogenated alkanes) is 3. The molecule has 124 valence electrons. The van der Waals surface area contributed by atoms with E-state index in [-0.39, 0.29) is 0 Å². The van der Waals surface area contributed by atoms with Gasteiger partial charge in [-0.3, -0.25) is 0 Å². The Morgan fingerprint density at radius 2 is 1.61 bits per heavy atom. The zero-order valence-corrected chi connectivity index (χ0v) is 14.5. The van der Waals surface area contributed by atoms with Crippen molar-refractivity contribution in [1.82, 2.24) is 0 Å². The van der Waals surface area contributed by atoms with Gasteiger partial charge in [0.2, 0.25) is 0 Å². The van der Waals surface area contributed by atoms with Crippen LogP contribution >= 0.6 is 0 Å². The van der Waals surface area contributed by atoms with Gasteiger partial charge in [-0.05, 0) is 55.2 Å². The number of aryl methyl sites for hydroxylation is 1. The zero-order chi connectivity index (χ0) is 16.3. The van der Waals surface area contributed by atoms with Crippen molar-refractivity contribution in [3.8, 4) is 6.07 Å².